The first-order chi connectivity index (χ1) is 8.75. The summed E-state index contributed by atoms with van der Waals surface area (Å²) in [5.41, 5.74) is 1.13. The van der Waals surface area contributed by atoms with Crippen LogP contribution >= 0.6 is 11.8 Å². The molecule has 1 aliphatic heterocycles. The van der Waals surface area contributed by atoms with Crippen molar-refractivity contribution in [2.45, 2.75) is 24.7 Å². The summed E-state index contributed by atoms with van der Waals surface area (Å²) in [6.07, 6.45) is 0.534. The molecule has 18 heavy (non-hydrogen) atoms. The van der Waals surface area contributed by atoms with Crippen LogP contribution in [0.4, 0.5) is 0 Å². The molecular formula is C14H18O3S. The lowest BCUT2D eigenvalue weighted by Gasteiger charge is -2.14. The third-order valence-electron chi connectivity index (χ3n) is 3.13. The van der Waals surface area contributed by atoms with Crippen LogP contribution in [0.1, 0.15) is 18.4 Å². The quantitative estimate of drug-likeness (QED) is 0.888. The maximum atomic E-state index is 11.7. The molecule has 0 aromatic heterocycles. The molecule has 1 heterocycles. The van der Waals surface area contributed by atoms with Gasteiger partial charge in [-0.05, 0) is 12.0 Å². The summed E-state index contributed by atoms with van der Waals surface area (Å²) in [6.45, 7) is 1.28. The summed E-state index contributed by atoms with van der Waals surface area (Å²) in [4.78, 5) is 11.7. The predicted molar refractivity (Wildman–Crippen MR) is 72.3 cm³/mol. The van der Waals surface area contributed by atoms with E-state index < -0.39 is 6.10 Å². The zero-order valence-corrected chi connectivity index (χ0v) is 11.1. The van der Waals surface area contributed by atoms with Crippen molar-refractivity contribution in [2.75, 3.05) is 13.2 Å². The van der Waals surface area contributed by atoms with Gasteiger partial charge in [0, 0.05) is 24.7 Å². The van der Waals surface area contributed by atoms with Crippen LogP contribution in [-0.2, 0) is 15.3 Å². The first-order valence-electron chi connectivity index (χ1n) is 6.21. The van der Waals surface area contributed by atoms with E-state index in [9.17, 15) is 9.90 Å². The van der Waals surface area contributed by atoms with Crippen molar-refractivity contribution in [3.05, 3.63) is 35.9 Å². The van der Waals surface area contributed by atoms with Crippen molar-refractivity contribution >= 4 is 16.9 Å². The van der Waals surface area contributed by atoms with E-state index in [0.717, 1.165) is 12.0 Å². The molecule has 4 heteroatoms. The first kappa shape index (κ1) is 13.6. The molecule has 0 radical (unpaired) electrons. The summed E-state index contributed by atoms with van der Waals surface area (Å²) in [6, 6.07) is 9.89. The third-order valence-corrected chi connectivity index (χ3v) is 4.09. The van der Waals surface area contributed by atoms with E-state index in [1.54, 1.807) is 0 Å². The Morgan fingerprint density at radius 2 is 2.22 bits per heavy atom. The Bertz CT molecular complexity index is 374. The Morgan fingerprint density at radius 1 is 1.44 bits per heavy atom. The Kier molecular flexibility index (Phi) is 5.23. The van der Waals surface area contributed by atoms with Gasteiger partial charge in [-0.1, -0.05) is 42.1 Å². The van der Waals surface area contributed by atoms with Gasteiger partial charge in [0.2, 0.25) is 0 Å². The Hall–Kier alpha value is -0.840. The van der Waals surface area contributed by atoms with Crippen molar-refractivity contribution < 1.29 is 14.6 Å². The third kappa shape index (κ3) is 4.12. The minimum absolute atomic E-state index is 0.0539. The van der Waals surface area contributed by atoms with Gasteiger partial charge in [-0.3, -0.25) is 4.79 Å². The van der Waals surface area contributed by atoms with Gasteiger partial charge in [0.15, 0.2) is 5.12 Å². The molecule has 0 amide bonds. The lowest BCUT2D eigenvalue weighted by Crippen LogP contribution is -2.23. The summed E-state index contributed by atoms with van der Waals surface area (Å²) in [7, 11) is 0. The van der Waals surface area contributed by atoms with Crippen LogP contribution in [-0.4, -0.2) is 29.5 Å². The van der Waals surface area contributed by atoms with Gasteiger partial charge in [-0.15, -0.1) is 0 Å². The molecule has 0 aliphatic carbocycles. The number of thioether (sulfide) groups is 1. The minimum atomic E-state index is -0.553. The number of ether oxygens (including phenoxy) is 1. The van der Waals surface area contributed by atoms with Crippen molar-refractivity contribution in [3.8, 4) is 0 Å². The molecule has 1 aromatic carbocycles. The maximum absolute atomic E-state index is 11.7. The van der Waals surface area contributed by atoms with E-state index in [2.05, 4.69) is 0 Å². The molecule has 1 aromatic rings. The number of rotatable bonds is 5. The van der Waals surface area contributed by atoms with Gasteiger partial charge >= 0.3 is 0 Å². The molecular weight excluding hydrogens is 248 g/mol. The molecule has 2 atom stereocenters. The smallest absolute Gasteiger partial charge is 0.191 e. The van der Waals surface area contributed by atoms with Crippen LogP contribution in [0.25, 0.3) is 0 Å². The number of benzene rings is 1. The summed E-state index contributed by atoms with van der Waals surface area (Å²) in [5.74, 6) is 0.805. The van der Waals surface area contributed by atoms with E-state index in [0.29, 0.717) is 19.0 Å². The van der Waals surface area contributed by atoms with E-state index in [1.165, 1.54) is 11.8 Å². The number of aliphatic hydroxyl groups is 1. The topological polar surface area (TPSA) is 46.5 Å². The lowest BCUT2D eigenvalue weighted by molar-refractivity contribution is -0.113. The molecule has 0 bridgehead atoms. The van der Waals surface area contributed by atoms with Gasteiger partial charge in [0.25, 0.3) is 0 Å². The number of aliphatic hydroxyl groups excluding tert-OH is 1. The Morgan fingerprint density at radius 3 is 2.89 bits per heavy atom. The van der Waals surface area contributed by atoms with Gasteiger partial charge in [0.1, 0.15) is 0 Å². The van der Waals surface area contributed by atoms with Crippen molar-refractivity contribution in [1.82, 2.24) is 0 Å². The Balaban J connectivity index is 1.71. The highest BCUT2D eigenvalue weighted by molar-refractivity contribution is 8.12. The monoisotopic (exact) mass is 266 g/mol. The average Bonchev–Trinajstić information content (AvgIpc) is 2.91. The fourth-order valence-corrected chi connectivity index (χ4v) is 2.80. The van der Waals surface area contributed by atoms with Gasteiger partial charge in [0.05, 0.1) is 12.7 Å². The second-order valence-corrected chi connectivity index (χ2v) is 5.57. The van der Waals surface area contributed by atoms with Crippen LogP contribution in [0.5, 0.6) is 0 Å². The van der Waals surface area contributed by atoms with Gasteiger partial charge in [-0.25, -0.2) is 0 Å². The standard InChI is InChI=1S/C14H18O3S/c15-13(12-6-7-17-9-12)8-14(16)18-10-11-4-2-1-3-5-11/h1-5,12-13,15H,6-10H2. The molecule has 0 spiro atoms. The SMILES string of the molecule is O=C(CC(O)C1CCOC1)SCc1ccccc1. The van der Waals surface area contributed by atoms with Crippen molar-refractivity contribution in [3.63, 3.8) is 0 Å². The molecule has 1 N–H and O–H groups in total. The highest BCUT2D eigenvalue weighted by atomic mass is 32.2. The maximum Gasteiger partial charge on any atom is 0.191 e. The highest BCUT2D eigenvalue weighted by Gasteiger charge is 2.25. The van der Waals surface area contributed by atoms with Crippen LogP contribution in [0, 0.1) is 5.92 Å². The number of carbonyl (C=O) groups excluding carboxylic acids is 1. The molecule has 1 fully saturated rings. The Labute approximate surface area is 112 Å². The second kappa shape index (κ2) is 6.92. The average molecular weight is 266 g/mol. The van der Waals surface area contributed by atoms with E-state index in [1.807, 2.05) is 30.3 Å². The lowest BCUT2D eigenvalue weighted by atomic mass is 10.00. The highest BCUT2D eigenvalue weighted by Crippen LogP contribution is 2.22. The zero-order chi connectivity index (χ0) is 12.8. The van der Waals surface area contributed by atoms with Crippen molar-refractivity contribution in [2.24, 2.45) is 5.92 Å². The van der Waals surface area contributed by atoms with Crippen LogP contribution in [0.2, 0.25) is 0 Å². The number of hydrogen-bond acceptors (Lipinski definition) is 4. The van der Waals surface area contributed by atoms with E-state index in [-0.39, 0.29) is 17.5 Å². The fourth-order valence-electron chi connectivity index (χ4n) is 1.99. The summed E-state index contributed by atoms with van der Waals surface area (Å²) in [5, 5.41) is 9.96. The first-order valence-corrected chi connectivity index (χ1v) is 7.19. The zero-order valence-electron chi connectivity index (χ0n) is 10.2. The predicted octanol–water partition coefficient (Wildman–Crippen LogP) is 2.23. The van der Waals surface area contributed by atoms with Crippen LogP contribution < -0.4 is 0 Å². The van der Waals surface area contributed by atoms with Crippen LogP contribution in [0.3, 0.4) is 0 Å². The minimum Gasteiger partial charge on any atom is -0.392 e. The van der Waals surface area contributed by atoms with Crippen molar-refractivity contribution in [1.29, 1.82) is 0 Å². The largest absolute Gasteiger partial charge is 0.392 e. The summed E-state index contributed by atoms with van der Waals surface area (Å²) < 4.78 is 5.21. The van der Waals surface area contributed by atoms with E-state index in [4.69, 9.17) is 4.74 Å². The number of carbonyl (C=O) groups is 1. The molecule has 1 aliphatic rings. The second-order valence-electron chi connectivity index (χ2n) is 4.54. The fraction of sp³-hybridized carbons (Fsp3) is 0.500. The molecule has 2 unspecified atom stereocenters. The van der Waals surface area contributed by atoms with Crippen LogP contribution in [0.15, 0.2) is 30.3 Å². The van der Waals surface area contributed by atoms with Gasteiger partial charge < -0.3 is 9.84 Å². The molecule has 98 valence electrons. The molecule has 1 saturated heterocycles. The summed E-state index contributed by atoms with van der Waals surface area (Å²) >= 11 is 1.28. The molecule has 2 rings (SSSR count). The number of hydrogen-bond donors (Lipinski definition) is 1. The molecule has 0 saturated carbocycles. The normalized spacial score (nSPS) is 20.8. The van der Waals surface area contributed by atoms with Gasteiger partial charge in [-0.2, -0.15) is 0 Å². The molecule has 3 nitrogen and oxygen atoms in total. The van der Waals surface area contributed by atoms with E-state index >= 15 is 0 Å².